The highest BCUT2D eigenvalue weighted by molar-refractivity contribution is 6.31. The van der Waals surface area contributed by atoms with Crippen molar-refractivity contribution in [3.63, 3.8) is 0 Å². The van der Waals surface area contributed by atoms with Crippen LogP contribution in [0.3, 0.4) is 0 Å². The molecule has 0 bridgehead atoms. The zero-order chi connectivity index (χ0) is 12.7. The summed E-state index contributed by atoms with van der Waals surface area (Å²) in [6.45, 7) is 9.68. The molecular weight excluding hydrogens is 234 g/mol. The summed E-state index contributed by atoms with van der Waals surface area (Å²) in [6, 6.07) is 0. The third-order valence-electron chi connectivity index (χ3n) is 2.79. The molecule has 1 rings (SSSR count). The molecule has 0 aliphatic rings. The van der Waals surface area contributed by atoms with Crippen molar-refractivity contribution < 1.29 is 0 Å². The number of halogens is 1. The molecule has 98 valence electrons. The van der Waals surface area contributed by atoms with Crippen LogP contribution >= 0.6 is 11.6 Å². The summed E-state index contributed by atoms with van der Waals surface area (Å²) in [5.74, 6) is 0.589. The first kappa shape index (κ1) is 14.5. The normalized spacial score (nSPS) is 12.9. The summed E-state index contributed by atoms with van der Waals surface area (Å²) in [4.78, 5) is 0. The molecular formula is C13H24ClN3. The predicted octanol–water partition coefficient (Wildman–Crippen LogP) is 3.12. The fourth-order valence-corrected chi connectivity index (χ4v) is 2.14. The van der Waals surface area contributed by atoms with Gasteiger partial charge < -0.3 is 5.32 Å². The molecule has 1 aromatic heterocycles. The lowest BCUT2D eigenvalue weighted by Gasteiger charge is -2.14. The average molecular weight is 258 g/mol. The molecule has 4 heteroatoms. The number of aryl methyl sites for hydroxylation is 1. The maximum absolute atomic E-state index is 6.18. The Morgan fingerprint density at radius 2 is 2.18 bits per heavy atom. The van der Waals surface area contributed by atoms with E-state index in [2.05, 4.69) is 31.2 Å². The molecule has 0 aliphatic carbocycles. The Balaban J connectivity index is 2.51. The standard InChI is InChI=1S/C13H24ClN3/c1-4-6-15-9-11(3)8-13-12(14)10-16-17(13)7-5-2/h10-11,15H,4-9H2,1-3H3. The average Bonchev–Trinajstić information content (AvgIpc) is 2.62. The molecule has 17 heavy (non-hydrogen) atoms. The van der Waals surface area contributed by atoms with Crippen LogP contribution in [0, 0.1) is 5.92 Å². The van der Waals surface area contributed by atoms with Gasteiger partial charge in [-0.1, -0.05) is 32.4 Å². The maximum atomic E-state index is 6.18. The molecule has 1 atom stereocenters. The number of hydrogen-bond acceptors (Lipinski definition) is 2. The van der Waals surface area contributed by atoms with Gasteiger partial charge in [-0.15, -0.1) is 0 Å². The molecule has 0 spiro atoms. The minimum Gasteiger partial charge on any atom is -0.316 e. The van der Waals surface area contributed by atoms with E-state index in [1.54, 1.807) is 6.20 Å². The molecule has 0 radical (unpaired) electrons. The van der Waals surface area contributed by atoms with E-state index in [4.69, 9.17) is 11.6 Å². The van der Waals surface area contributed by atoms with Gasteiger partial charge in [-0.3, -0.25) is 4.68 Å². The van der Waals surface area contributed by atoms with Crippen LogP contribution in [0.2, 0.25) is 5.02 Å². The highest BCUT2D eigenvalue weighted by atomic mass is 35.5. The summed E-state index contributed by atoms with van der Waals surface area (Å²) in [5, 5.41) is 8.57. The van der Waals surface area contributed by atoms with Crippen LogP contribution in [0.1, 0.15) is 39.3 Å². The third-order valence-corrected chi connectivity index (χ3v) is 3.11. The van der Waals surface area contributed by atoms with Gasteiger partial charge in [0.05, 0.1) is 16.9 Å². The van der Waals surface area contributed by atoms with E-state index in [9.17, 15) is 0 Å². The van der Waals surface area contributed by atoms with Gasteiger partial charge in [0.15, 0.2) is 0 Å². The largest absolute Gasteiger partial charge is 0.316 e. The monoisotopic (exact) mass is 257 g/mol. The van der Waals surface area contributed by atoms with Gasteiger partial charge in [0.25, 0.3) is 0 Å². The summed E-state index contributed by atoms with van der Waals surface area (Å²) in [6.07, 6.45) is 5.03. The summed E-state index contributed by atoms with van der Waals surface area (Å²) in [5.41, 5.74) is 1.18. The Morgan fingerprint density at radius 1 is 1.41 bits per heavy atom. The Hall–Kier alpha value is -0.540. The van der Waals surface area contributed by atoms with Crippen molar-refractivity contribution in [1.29, 1.82) is 0 Å². The van der Waals surface area contributed by atoms with Gasteiger partial charge in [-0.25, -0.2) is 0 Å². The molecule has 0 fully saturated rings. The summed E-state index contributed by atoms with van der Waals surface area (Å²) >= 11 is 6.18. The van der Waals surface area contributed by atoms with Gasteiger partial charge in [0.1, 0.15) is 0 Å². The Morgan fingerprint density at radius 3 is 2.82 bits per heavy atom. The molecule has 0 saturated heterocycles. The quantitative estimate of drug-likeness (QED) is 0.726. The topological polar surface area (TPSA) is 29.9 Å². The molecule has 1 aromatic rings. The number of aromatic nitrogens is 2. The lowest BCUT2D eigenvalue weighted by atomic mass is 10.1. The second-order valence-electron chi connectivity index (χ2n) is 4.68. The van der Waals surface area contributed by atoms with Crippen molar-refractivity contribution in [2.75, 3.05) is 13.1 Å². The van der Waals surface area contributed by atoms with Crippen LogP contribution in [0.5, 0.6) is 0 Å². The lowest BCUT2D eigenvalue weighted by molar-refractivity contribution is 0.481. The van der Waals surface area contributed by atoms with Crippen molar-refractivity contribution in [2.45, 2.75) is 46.6 Å². The van der Waals surface area contributed by atoms with Crippen LogP contribution in [0.25, 0.3) is 0 Å². The molecule has 1 N–H and O–H groups in total. The van der Waals surface area contributed by atoms with E-state index < -0.39 is 0 Å². The highest BCUT2D eigenvalue weighted by Gasteiger charge is 2.12. The van der Waals surface area contributed by atoms with Gasteiger partial charge in [0, 0.05) is 6.54 Å². The minimum absolute atomic E-state index is 0.589. The van der Waals surface area contributed by atoms with Crippen molar-refractivity contribution >= 4 is 11.6 Å². The highest BCUT2D eigenvalue weighted by Crippen LogP contribution is 2.19. The van der Waals surface area contributed by atoms with E-state index >= 15 is 0 Å². The number of nitrogens with one attached hydrogen (secondary N) is 1. The SMILES string of the molecule is CCCNCC(C)Cc1c(Cl)cnn1CCC. The van der Waals surface area contributed by atoms with Gasteiger partial charge in [0.2, 0.25) is 0 Å². The first-order valence-electron chi connectivity index (χ1n) is 6.59. The van der Waals surface area contributed by atoms with Crippen molar-refractivity contribution in [3.8, 4) is 0 Å². The third kappa shape index (κ3) is 4.68. The second-order valence-corrected chi connectivity index (χ2v) is 5.08. The summed E-state index contributed by atoms with van der Waals surface area (Å²) < 4.78 is 2.04. The van der Waals surface area contributed by atoms with Crippen molar-refractivity contribution in [2.24, 2.45) is 5.92 Å². The van der Waals surface area contributed by atoms with Crippen molar-refractivity contribution in [3.05, 3.63) is 16.9 Å². The molecule has 0 aromatic carbocycles. The fourth-order valence-electron chi connectivity index (χ4n) is 1.92. The second kappa shape index (κ2) is 7.72. The molecule has 1 unspecified atom stereocenters. The van der Waals surface area contributed by atoms with Crippen LogP contribution in [0.4, 0.5) is 0 Å². The van der Waals surface area contributed by atoms with E-state index in [1.165, 1.54) is 12.1 Å². The molecule has 0 aliphatic heterocycles. The first-order chi connectivity index (χ1) is 8.19. The summed E-state index contributed by atoms with van der Waals surface area (Å²) in [7, 11) is 0. The van der Waals surface area contributed by atoms with Crippen LogP contribution in [-0.2, 0) is 13.0 Å². The molecule has 1 heterocycles. The Bertz CT molecular complexity index is 322. The van der Waals surface area contributed by atoms with Gasteiger partial charge in [-0.05, 0) is 38.3 Å². The molecule has 0 amide bonds. The smallest absolute Gasteiger partial charge is 0.0817 e. The van der Waals surface area contributed by atoms with Crippen LogP contribution in [-0.4, -0.2) is 22.9 Å². The Labute approximate surface area is 110 Å². The zero-order valence-corrected chi connectivity index (χ0v) is 11.9. The maximum Gasteiger partial charge on any atom is 0.0817 e. The van der Waals surface area contributed by atoms with Crippen LogP contribution in [0.15, 0.2) is 6.20 Å². The van der Waals surface area contributed by atoms with Crippen molar-refractivity contribution in [1.82, 2.24) is 15.1 Å². The lowest BCUT2D eigenvalue weighted by Crippen LogP contribution is -2.24. The van der Waals surface area contributed by atoms with E-state index in [0.29, 0.717) is 5.92 Å². The number of nitrogens with zero attached hydrogens (tertiary/aromatic N) is 2. The van der Waals surface area contributed by atoms with E-state index in [0.717, 1.165) is 37.5 Å². The molecule has 0 saturated carbocycles. The fraction of sp³-hybridized carbons (Fsp3) is 0.769. The molecule has 3 nitrogen and oxygen atoms in total. The first-order valence-corrected chi connectivity index (χ1v) is 6.97. The van der Waals surface area contributed by atoms with Gasteiger partial charge >= 0.3 is 0 Å². The van der Waals surface area contributed by atoms with E-state index in [-0.39, 0.29) is 0 Å². The van der Waals surface area contributed by atoms with Gasteiger partial charge in [-0.2, -0.15) is 5.10 Å². The number of rotatable bonds is 8. The minimum atomic E-state index is 0.589. The predicted molar refractivity (Wildman–Crippen MR) is 73.6 cm³/mol. The van der Waals surface area contributed by atoms with Crippen LogP contribution < -0.4 is 5.32 Å². The Kier molecular flexibility index (Phi) is 6.60. The number of hydrogen-bond donors (Lipinski definition) is 1. The van der Waals surface area contributed by atoms with E-state index in [1.807, 2.05) is 4.68 Å². The zero-order valence-electron chi connectivity index (χ0n) is 11.2.